The van der Waals surface area contributed by atoms with Crippen LogP contribution in [0, 0.1) is 0 Å². The van der Waals surface area contributed by atoms with Gasteiger partial charge in [0.15, 0.2) is 5.54 Å². The molecule has 1 saturated heterocycles. The molecule has 1 unspecified atom stereocenters. The third kappa shape index (κ3) is 2.57. The van der Waals surface area contributed by atoms with Crippen molar-refractivity contribution in [1.82, 2.24) is 15.3 Å². The number of hydrogen-bond acceptors (Lipinski definition) is 5. The molecular formula is C10H10Cl2N4O3. The second-order valence-corrected chi connectivity index (χ2v) is 4.99. The molecule has 1 aromatic heterocycles. The van der Waals surface area contributed by atoms with E-state index in [0.29, 0.717) is 0 Å². The van der Waals surface area contributed by atoms with Gasteiger partial charge in [-0.15, -0.1) is 0 Å². The van der Waals surface area contributed by atoms with Crippen LogP contribution in [0.5, 0.6) is 0 Å². The van der Waals surface area contributed by atoms with E-state index in [4.69, 9.17) is 23.2 Å². The molecule has 0 saturated carbocycles. The highest BCUT2D eigenvalue weighted by Crippen LogP contribution is 2.27. The van der Waals surface area contributed by atoms with Crippen LogP contribution in [0.1, 0.15) is 6.92 Å². The third-order valence-electron chi connectivity index (χ3n) is 2.92. The summed E-state index contributed by atoms with van der Waals surface area (Å²) >= 11 is 11.5. The van der Waals surface area contributed by atoms with Crippen molar-refractivity contribution in [1.29, 1.82) is 0 Å². The third-order valence-corrected chi connectivity index (χ3v) is 3.28. The first-order chi connectivity index (χ1) is 8.83. The number of carboxylic acids is 1. The van der Waals surface area contributed by atoms with Crippen LogP contribution in [-0.2, 0) is 9.59 Å². The van der Waals surface area contributed by atoms with E-state index in [1.807, 2.05) is 0 Å². The van der Waals surface area contributed by atoms with Crippen LogP contribution >= 0.6 is 23.2 Å². The Balaban J connectivity index is 2.48. The van der Waals surface area contributed by atoms with Crippen LogP contribution in [0.25, 0.3) is 0 Å². The summed E-state index contributed by atoms with van der Waals surface area (Å²) in [6.45, 7) is 1.30. The SMILES string of the molecule is CC1(C(=O)O)CNC(=O)CN1c1cc(Cl)nc(Cl)n1. The minimum absolute atomic E-state index is 0.0413. The Labute approximate surface area is 118 Å². The number of carboxylic acid groups (broad SMARTS) is 1. The van der Waals surface area contributed by atoms with Crippen molar-refractivity contribution in [3.8, 4) is 0 Å². The van der Waals surface area contributed by atoms with Gasteiger partial charge in [-0.25, -0.2) is 14.8 Å². The van der Waals surface area contributed by atoms with Gasteiger partial charge >= 0.3 is 5.97 Å². The number of rotatable bonds is 2. The molecule has 0 radical (unpaired) electrons. The monoisotopic (exact) mass is 304 g/mol. The fraction of sp³-hybridized carbons (Fsp3) is 0.400. The van der Waals surface area contributed by atoms with Gasteiger partial charge < -0.3 is 15.3 Å². The van der Waals surface area contributed by atoms with Gasteiger partial charge in [-0.3, -0.25) is 4.79 Å². The minimum Gasteiger partial charge on any atom is -0.479 e. The van der Waals surface area contributed by atoms with E-state index in [2.05, 4.69) is 15.3 Å². The number of piperazine rings is 1. The number of nitrogens with zero attached hydrogens (tertiary/aromatic N) is 3. The summed E-state index contributed by atoms with van der Waals surface area (Å²) in [5.41, 5.74) is -1.32. The first kappa shape index (κ1) is 13.8. The van der Waals surface area contributed by atoms with Crippen LogP contribution in [0.2, 0.25) is 10.4 Å². The molecule has 1 aromatic rings. The summed E-state index contributed by atoms with van der Waals surface area (Å²) in [5.74, 6) is -1.19. The van der Waals surface area contributed by atoms with E-state index in [-0.39, 0.29) is 35.3 Å². The first-order valence-electron chi connectivity index (χ1n) is 5.31. The van der Waals surface area contributed by atoms with Crippen molar-refractivity contribution in [2.75, 3.05) is 18.0 Å². The van der Waals surface area contributed by atoms with Gasteiger partial charge in [-0.1, -0.05) is 11.6 Å². The van der Waals surface area contributed by atoms with E-state index < -0.39 is 11.5 Å². The van der Waals surface area contributed by atoms with Gasteiger partial charge in [0, 0.05) is 6.07 Å². The van der Waals surface area contributed by atoms with E-state index in [1.165, 1.54) is 17.9 Å². The van der Waals surface area contributed by atoms with Crippen molar-refractivity contribution in [2.45, 2.75) is 12.5 Å². The molecule has 0 aliphatic carbocycles. The quantitative estimate of drug-likeness (QED) is 0.612. The molecule has 0 aromatic carbocycles. The van der Waals surface area contributed by atoms with Crippen LogP contribution in [0.4, 0.5) is 5.82 Å². The molecule has 9 heteroatoms. The summed E-state index contributed by atoms with van der Waals surface area (Å²) in [5, 5.41) is 11.8. The van der Waals surface area contributed by atoms with Gasteiger partial charge in [0.25, 0.3) is 0 Å². The lowest BCUT2D eigenvalue weighted by molar-refractivity contribution is -0.143. The molecule has 1 fully saturated rings. The molecule has 1 atom stereocenters. The number of anilines is 1. The molecule has 1 aliphatic heterocycles. The predicted molar refractivity (Wildman–Crippen MR) is 68.4 cm³/mol. The molecule has 2 N–H and O–H groups in total. The lowest BCUT2D eigenvalue weighted by Gasteiger charge is -2.41. The van der Waals surface area contributed by atoms with E-state index in [9.17, 15) is 14.7 Å². The number of amides is 1. The van der Waals surface area contributed by atoms with Crippen LogP contribution < -0.4 is 10.2 Å². The van der Waals surface area contributed by atoms with Gasteiger partial charge in [0.05, 0.1) is 13.1 Å². The Bertz CT molecular complexity index is 533. The van der Waals surface area contributed by atoms with Crippen LogP contribution in [0.3, 0.4) is 0 Å². The zero-order valence-corrected chi connectivity index (χ0v) is 11.4. The van der Waals surface area contributed by atoms with Gasteiger partial charge in [0.2, 0.25) is 11.2 Å². The standard InChI is InChI=1S/C10H10Cl2N4O3/c1-10(8(18)19)4-13-7(17)3-16(10)6-2-5(11)14-9(12)15-6/h2H,3-4H2,1H3,(H,13,17)(H,18,19). The Hall–Kier alpha value is -1.60. The topological polar surface area (TPSA) is 95.4 Å². The maximum atomic E-state index is 11.5. The van der Waals surface area contributed by atoms with E-state index >= 15 is 0 Å². The highest BCUT2D eigenvalue weighted by atomic mass is 35.5. The number of aromatic nitrogens is 2. The van der Waals surface area contributed by atoms with Crippen LogP contribution in [-0.4, -0.2) is 45.6 Å². The molecule has 2 rings (SSSR count). The minimum atomic E-state index is -1.32. The molecule has 102 valence electrons. The number of carbonyl (C=O) groups excluding carboxylic acids is 1. The summed E-state index contributed by atoms with van der Waals surface area (Å²) < 4.78 is 0. The first-order valence-corrected chi connectivity index (χ1v) is 6.06. The largest absolute Gasteiger partial charge is 0.479 e. The normalized spacial score (nSPS) is 23.1. The van der Waals surface area contributed by atoms with Crippen molar-refractivity contribution >= 4 is 40.9 Å². The van der Waals surface area contributed by atoms with Gasteiger partial charge in [0.1, 0.15) is 11.0 Å². The average Bonchev–Trinajstić information content (AvgIpc) is 2.31. The maximum Gasteiger partial charge on any atom is 0.331 e. The van der Waals surface area contributed by atoms with E-state index in [0.717, 1.165) is 0 Å². The van der Waals surface area contributed by atoms with Gasteiger partial charge in [-0.05, 0) is 18.5 Å². The number of hydrogen-bond donors (Lipinski definition) is 2. The van der Waals surface area contributed by atoms with Crippen molar-refractivity contribution in [3.63, 3.8) is 0 Å². The zero-order chi connectivity index (χ0) is 14.2. The number of carbonyl (C=O) groups is 2. The Morgan fingerprint density at radius 1 is 1.53 bits per heavy atom. The summed E-state index contributed by atoms with van der Waals surface area (Å²) in [7, 11) is 0. The second kappa shape index (κ2) is 4.82. The molecule has 1 aliphatic rings. The smallest absolute Gasteiger partial charge is 0.331 e. The lowest BCUT2D eigenvalue weighted by Crippen LogP contribution is -2.66. The average molecular weight is 305 g/mol. The fourth-order valence-corrected chi connectivity index (χ4v) is 2.18. The molecule has 2 heterocycles. The van der Waals surface area contributed by atoms with Gasteiger partial charge in [-0.2, -0.15) is 0 Å². The Kier molecular flexibility index (Phi) is 3.51. The van der Waals surface area contributed by atoms with Crippen molar-refractivity contribution < 1.29 is 14.7 Å². The zero-order valence-electron chi connectivity index (χ0n) is 9.85. The predicted octanol–water partition coefficient (Wildman–Crippen LogP) is 0.563. The summed E-state index contributed by atoms with van der Waals surface area (Å²) in [6.07, 6.45) is 0. The Morgan fingerprint density at radius 3 is 2.79 bits per heavy atom. The lowest BCUT2D eigenvalue weighted by atomic mass is 9.97. The molecular weight excluding hydrogens is 295 g/mol. The highest BCUT2D eigenvalue weighted by Gasteiger charge is 2.44. The molecule has 7 nitrogen and oxygen atoms in total. The summed E-state index contributed by atoms with van der Waals surface area (Å²) in [4.78, 5) is 31.9. The maximum absolute atomic E-state index is 11.5. The van der Waals surface area contributed by atoms with Crippen molar-refractivity contribution in [2.24, 2.45) is 0 Å². The number of halogens is 2. The molecule has 1 amide bonds. The summed E-state index contributed by atoms with van der Waals surface area (Å²) in [6, 6.07) is 1.37. The van der Waals surface area contributed by atoms with E-state index in [1.54, 1.807) is 0 Å². The van der Waals surface area contributed by atoms with Crippen molar-refractivity contribution in [3.05, 3.63) is 16.5 Å². The second-order valence-electron chi connectivity index (χ2n) is 4.26. The molecule has 19 heavy (non-hydrogen) atoms. The Morgan fingerprint density at radius 2 is 2.21 bits per heavy atom. The fourth-order valence-electron chi connectivity index (χ4n) is 1.78. The highest BCUT2D eigenvalue weighted by molar-refractivity contribution is 6.32. The van der Waals surface area contributed by atoms with Crippen LogP contribution in [0.15, 0.2) is 6.07 Å². The number of aliphatic carboxylic acids is 1. The molecule has 0 spiro atoms. The molecule has 0 bridgehead atoms. The number of nitrogens with one attached hydrogen (secondary N) is 1.